The molecule has 0 amide bonds. The number of hydrogen-bond donors (Lipinski definition) is 1. The molecule has 0 saturated heterocycles. The van der Waals surface area contributed by atoms with Gasteiger partial charge >= 0.3 is 0 Å². The van der Waals surface area contributed by atoms with Crippen molar-refractivity contribution in [2.45, 2.75) is 19.9 Å². The summed E-state index contributed by atoms with van der Waals surface area (Å²) in [6, 6.07) is 13.8. The summed E-state index contributed by atoms with van der Waals surface area (Å²) in [5.41, 5.74) is 2.30. The van der Waals surface area contributed by atoms with Gasteiger partial charge in [0.2, 0.25) is 0 Å². The number of nitrogens with one attached hydrogen (secondary N) is 1. The topological polar surface area (TPSA) is 21.3 Å². The first-order valence-corrected chi connectivity index (χ1v) is 6.80. The van der Waals surface area contributed by atoms with E-state index >= 15 is 0 Å². The van der Waals surface area contributed by atoms with Gasteiger partial charge < -0.3 is 10.1 Å². The van der Waals surface area contributed by atoms with Crippen molar-refractivity contribution in [3.63, 3.8) is 0 Å². The van der Waals surface area contributed by atoms with E-state index in [1.807, 2.05) is 43.4 Å². The molecule has 0 saturated carbocycles. The van der Waals surface area contributed by atoms with E-state index in [0.29, 0.717) is 0 Å². The maximum atomic E-state index is 6.10. The fraction of sp³-hybridized carbons (Fsp3) is 0.250. The van der Waals surface area contributed by atoms with Crippen LogP contribution in [0.5, 0.6) is 11.5 Å². The lowest BCUT2D eigenvalue weighted by atomic mass is 10.1. The summed E-state index contributed by atoms with van der Waals surface area (Å²) in [6.07, 6.45) is 0.899. The highest BCUT2D eigenvalue weighted by atomic mass is 35.5. The third-order valence-corrected chi connectivity index (χ3v) is 3.28. The van der Waals surface area contributed by atoms with Gasteiger partial charge in [0, 0.05) is 11.6 Å². The first-order chi connectivity index (χ1) is 9.22. The third kappa shape index (κ3) is 3.72. The second kappa shape index (κ2) is 6.60. The first kappa shape index (κ1) is 13.9. The Hall–Kier alpha value is -1.51. The van der Waals surface area contributed by atoms with Crippen molar-refractivity contribution in [2.24, 2.45) is 0 Å². The quantitative estimate of drug-likeness (QED) is 0.872. The van der Waals surface area contributed by atoms with E-state index in [1.165, 1.54) is 5.56 Å². The molecule has 0 atom stereocenters. The molecule has 19 heavy (non-hydrogen) atoms. The molecule has 1 N–H and O–H groups in total. The van der Waals surface area contributed by atoms with Crippen molar-refractivity contribution in [2.75, 3.05) is 7.05 Å². The lowest BCUT2D eigenvalue weighted by Gasteiger charge is -2.09. The van der Waals surface area contributed by atoms with Gasteiger partial charge in [0.15, 0.2) is 0 Å². The van der Waals surface area contributed by atoms with Crippen molar-refractivity contribution in [3.8, 4) is 11.5 Å². The molecular formula is C16H18ClNO. The smallest absolute Gasteiger partial charge is 0.127 e. The molecule has 0 aliphatic rings. The Labute approximate surface area is 119 Å². The Kier molecular flexibility index (Phi) is 4.83. The predicted octanol–water partition coefficient (Wildman–Crippen LogP) is 4.41. The summed E-state index contributed by atoms with van der Waals surface area (Å²) in [4.78, 5) is 0. The van der Waals surface area contributed by atoms with Gasteiger partial charge in [0.1, 0.15) is 11.5 Å². The minimum Gasteiger partial charge on any atom is -0.457 e. The van der Waals surface area contributed by atoms with Gasteiger partial charge in [-0.2, -0.15) is 0 Å². The maximum absolute atomic E-state index is 6.10. The van der Waals surface area contributed by atoms with Crippen LogP contribution >= 0.6 is 11.6 Å². The minimum atomic E-state index is 0.791. The molecule has 0 fully saturated rings. The fourth-order valence-corrected chi connectivity index (χ4v) is 2.20. The molecule has 100 valence electrons. The van der Waals surface area contributed by atoms with Crippen molar-refractivity contribution in [1.82, 2.24) is 5.32 Å². The largest absolute Gasteiger partial charge is 0.457 e. The molecule has 0 bridgehead atoms. The van der Waals surface area contributed by atoms with Gasteiger partial charge in [-0.15, -0.1) is 0 Å². The van der Waals surface area contributed by atoms with E-state index in [4.69, 9.17) is 16.3 Å². The van der Waals surface area contributed by atoms with Crippen LogP contribution in [-0.4, -0.2) is 7.05 Å². The molecule has 2 aromatic carbocycles. The van der Waals surface area contributed by atoms with Gasteiger partial charge in [-0.3, -0.25) is 0 Å². The summed E-state index contributed by atoms with van der Waals surface area (Å²) < 4.78 is 5.88. The summed E-state index contributed by atoms with van der Waals surface area (Å²) in [6.45, 7) is 2.91. The van der Waals surface area contributed by atoms with E-state index in [1.54, 1.807) is 0 Å². The monoisotopic (exact) mass is 275 g/mol. The Bertz CT molecular complexity index is 554. The minimum absolute atomic E-state index is 0.791. The summed E-state index contributed by atoms with van der Waals surface area (Å²) in [7, 11) is 1.93. The van der Waals surface area contributed by atoms with E-state index in [0.717, 1.165) is 35.1 Å². The van der Waals surface area contributed by atoms with Crippen LogP contribution in [0.25, 0.3) is 0 Å². The van der Waals surface area contributed by atoms with E-state index in [9.17, 15) is 0 Å². The van der Waals surface area contributed by atoms with Gasteiger partial charge in [0.25, 0.3) is 0 Å². The lowest BCUT2D eigenvalue weighted by molar-refractivity contribution is 0.481. The van der Waals surface area contributed by atoms with E-state index in [2.05, 4.69) is 18.3 Å². The summed E-state index contributed by atoms with van der Waals surface area (Å²) in [5.74, 6) is 1.67. The zero-order chi connectivity index (χ0) is 13.7. The van der Waals surface area contributed by atoms with Crippen LogP contribution in [-0.2, 0) is 13.0 Å². The Morgan fingerprint density at radius 1 is 1.11 bits per heavy atom. The molecule has 0 heterocycles. The number of aryl methyl sites for hydroxylation is 1. The molecule has 0 aliphatic heterocycles. The molecule has 2 aromatic rings. The summed E-state index contributed by atoms with van der Waals surface area (Å²) >= 11 is 6.10. The van der Waals surface area contributed by atoms with Crippen molar-refractivity contribution in [3.05, 3.63) is 58.6 Å². The molecule has 0 spiro atoms. The zero-order valence-electron chi connectivity index (χ0n) is 11.2. The molecule has 2 nitrogen and oxygen atoms in total. The van der Waals surface area contributed by atoms with Crippen LogP contribution < -0.4 is 10.1 Å². The second-order valence-corrected chi connectivity index (χ2v) is 4.79. The van der Waals surface area contributed by atoms with Crippen molar-refractivity contribution < 1.29 is 4.74 Å². The number of halogens is 1. The number of hydrogen-bond acceptors (Lipinski definition) is 2. The number of rotatable bonds is 5. The number of ether oxygens (including phenoxy) is 1. The predicted molar refractivity (Wildman–Crippen MR) is 80.1 cm³/mol. The van der Waals surface area contributed by atoms with Crippen LogP contribution in [0.3, 0.4) is 0 Å². The molecule has 0 aromatic heterocycles. The zero-order valence-corrected chi connectivity index (χ0v) is 12.0. The molecular weight excluding hydrogens is 258 g/mol. The fourth-order valence-electron chi connectivity index (χ4n) is 1.94. The SMILES string of the molecule is CCc1cc(Oc2cccc(CNC)c2)ccc1Cl. The first-order valence-electron chi connectivity index (χ1n) is 6.42. The van der Waals surface area contributed by atoms with Crippen LogP contribution in [0.4, 0.5) is 0 Å². The highest BCUT2D eigenvalue weighted by molar-refractivity contribution is 6.31. The van der Waals surface area contributed by atoms with Gasteiger partial charge in [-0.25, -0.2) is 0 Å². The van der Waals surface area contributed by atoms with E-state index in [-0.39, 0.29) is 0 Å². The number of benzene rings is 2. The molecule has 0 aliphatic carbocycles. The Balaban J connectivity index is 2.18. The average molecular weight is 276 g/mol. The Morgan fingerprint density at radius 2 is 1.89 bits per heavy atom. The van der Waals surface area contributed by atoms with E-state index < -0.39 is 0 Å². The third-order valence-electron chi connectivity index (χ3n) is 2.91. The normalized spacial score (nSPS) is 10.5. The highest BCUT2D eigenvalue weighted by Gasteiger charge is 2.03. The van der Waals surface area contributed by atoms with Crippen molar-refractivity contribution in [1.29, 1.82) is 0 Å². The van der Waals surface area contributed by atoms with Gasteiger partial charge in [-0.1, -0.05) is 30.7 Å². The Morgan fingerprint density at radius 3 is 2.63 bits per heavy atom. The highest BCUT2D eigenvalue weighted by Crippen LogP contribution is 2.27. The summed E-state index contributed by atoms with van der Waals surface area (Å²) in [5, 5.41) is 3.92. The molecule has 0 unspecified atom stereocenters. The maximum Gasteiger partial charge on any atom is 0.127 e. The van der Waals surface area contributed by atoms with Crippen LogP contribution in [0, 0.1) is 0 Å². The van der Waals surface area contributed by atoms with Crippen LogP contribution in [0.2, 0.25) is 5.02 Å². The van der Waals surface area contributed by atoms with Crippen LogP contribution in [0.15, 0.2) is 42.5 Å². The van der Waals surface area contributed by atoms with Crippen LogP contribution in [0.1, 0.15) is 18.1 Å². The second-order valence-electron chi connectivity index (χ2n) is 4.39. The molecule has 3 heteroatoms. The lowest BCUT2D eigenvalue weighted by Crippen LogP contribution is -2.04. The van der Waals surface area contributed by atoms with Crippen molar-refractivity contribution >= 4 is 11.6 Å². The average Bonchev–Trinajstić information content (AvgIpc) is 2.42. The standard InChI is InChI=1S/C16H18ClNO/c1-3-13-10-15(7-8-16(13)17)19-14-6-4-5-12(9-14)11-18-2/h4-10,18H,3,11H2,1-2H3. The van der Waals surface area contributed by atoms with Gasteiger partial charge in [-0.05, 0) is 54.9 Å². The molecule has 2 rings (SSSR count). The van der Waals surface area contributed by atoms with Gasteiger partial charge in [0.05, 0.1) is 0 Å². The molecule has 0 radical (unpaired) electrons.